The minimum absolute atomic E-state index is 0.759. The summed E-state index contributed by atoms with van der Waals surface area (Å²) in [7, 11) is 3.97. The fourth-order valence-corrected chi connectivity index (χ4v) is 2.10. The van der Waals surface area contributed by atoms with E-state index in [1.54, 1.807) is 0 Å². The van der Waals surface area contributed by atoms with Crippen LogP contribution in [0.25, 0.3) is 0 Å². The molecule has 0 aliphatic heterocycles. The zero-order valence-electron chi connectivity index (χ0n) is 10.9. The first-order valence-electron chi connectivity index (χ1n) is 5.89. The molecule has 2 aromatic rings. The SMILES string of the molecule is CNc1ccc(N(C)c2cc(Cl)ccc2C)cc1. The van der Waals surface area contributed by atoms with Gasteiger partial charge in [0.25, 0.3) is 0 Å². The van der Waals surface area contributed by atoms with E-state index in [2.05, 4.69) is 41.4 Å². The average molecular weight is 261 g/mol. The predicted octanol–water partition coefficient (Wildman–Crippen LogP) is 4.46. The lowest BCUT2D eigenvalue weighted by atomic mass is 10.1. The van der Waals surface area contributed by atoms with E-state index >= 15 is 0 Å². The zero-order chi connectivity index (χ0) is 13.1. The molecule has 0 heterocycles. The van der Waals surface area contributed by atoms with Gasteiger partial charge in [-0.25, -0.2) is 0 Å². The van der Waals surface area contributed by atoms with Crippen molar-refractivity contribution in [2.75, 3.05) is 24.3 Å². The number of anilines is 3. The Morgan fingerprint density at radius 1 is 1.06 bits per heavy atom. The number of halogens is 1. The molecule has 0 aromatic heterocycles. The van der Waals surface area contributed by atoms with Crippen LogP contribution in [0.3, 0.4) is 0 Å². The maximum absolute atomic E-state index is 6.06. The van der Waals surface area contributed by atoms with E-state index in [0.29, 0.717) is 0 Å². The standard InChI is InChI=1S/C15H17ClN2/c1-11-4-5-12(16)10-15(11)18(3)14-8-6-13(17-2)7-9-14/h4-10,17H,1-3H3. The molecule has 0 saturated carbocycles. The fraction of sp³-hybridized carbons (Fsp3) is 0.200. The molecule has 0 fully saturated rings. The Labute approximate surface area is 113 Å². The van der Waals surface area contributed by atoms with Crippen molar-refractivity contribution >= 4 is 28.7 Å². The first kappa shape index (κ1) is 12.8. The molecule has 18 heavy (non-hydrogen) atoms. The van der Waals surface area contributed by atoms with Crippen molar-refractivity contribution in [3.8, 4) is 0 Å². The smallest absolute Gasteiger partial charge is 0.0452 e. The summed E-state index contributed by atoms with van der Waals surface area (Å²) in [5.74, 6) is 0. The van der Waals surface area contributed by atoms with E-state index in [0.717, 1.165) is 22.1 Å². The summed E-state index contributed by atoms with van der Waals surface area (Å²) < 4.78 is 0. The lowest BCUT2D eigenvalue weighted by molar-refractivity contribution is 1.18. The molecule has 1 N–H and O–H groups in total. The lowest BCUT2D eigenvalue weighted by Gasteiger charge is -2.22. The Morgan fingerprint density at radius 2 is 1.72 bits per heavy atom. The number of hydrogen-bond acceptors (Lipinski definition) is 2. The second-order valence-corrected chi connectivity index (χ2v) is 4.72. The van der Waals surface area contributed by atoms with Crippen molar-refractivity contribution in [1.29, 1.82) is 0 Å². The molecule has 0 spiro atoms. The third-order valence-corrected chi connectivity index (χ3v) is 3.31. The Bertz CT molecular complexity index is 535. The molecule has 0 unspecified atom stereocenters. The number of nitrogens with zero attached hydrogens (tertiary/aromatic N) is 1. The fourth-order valence-electron chi connectivity index (χ4n) is 1.93. The summed E-state index contributed by atoms with van der Waals surface area (Å²) in [5.41, 5.74) is 4.58. The van der Waals surface area contributed by atoms with Crippen molar-refractivity contribution in [3.05, 3.63) is 53.1 Å². The molecule has 0 atom stereocenters. The molecule has 0 saturated heterocycles. The Kier molecular flexibility index (Phi) is 3.78. The third kappa shape index (κ3) is 2.59. The minimum Gasteiger partial charge on any atom is -0.388 e. The van der Waals surface area contributed by atoms with Crippen LogP contribution in [0, 0.1) is 6.92 Å². The molecular weight excluding hydrogens is 244 g/mol. The van der Waals surface area contributed by atoms with Gasteiger partial charge in [0.2, 0.25) is 0 Å². The van der Waals surface area contributed by atoms with Gasteiger partial charge in [-0.05, 0) is 48.9 Å². The molecule has 0 radical (unpaired) electrons. The molecule has 0 amide bonds. The summed E-state index contributed by atoms with van der Waals surface area (Å²) in [6, 6.07) is 14.2. The molecule has 0 aliphatic rings. The van der Waals surface area contributed by atoms with Crippen LogP contribution < -0.4 is 10.2 Å². The second-order valence-electron chi connectivity index (χ2n) is 4.29. The van der Waals surface area contributed by atoms with Gasteiger partial charge in [0.05, 0.1) is 0 Å². The molecule has 2 aromatic carbocycles. The number of benzene rings is 2. The van der Waals surface area contributed by atoms with Gasteiger partial charge in [-0.3, -0.25) is 0 Å². The van der Waals surface area contributed by atoms with Crippen molar-refractivity contribution in [1.82, 2.24) is 0 Å². The van der Waals surface area contributed by atoms with Gasteiger partial charge in [-0.15, -0.1) is 0 Å². The van der Waals surface area contributed by atoms with Crippen LogP contribution in [0.5, 0.6) is 0 Å². The normalized spacial score (nSPS) is 10.2. The first-order valence-corrected chi connectivity index (χ1v) is 6.27. The Morgan fingerprint density at radius 3 is 2.33 bits per heavy atom. The van der Waals surface area contributed by atoms with Gasteiger partial charge in [0.1, 0.15) is 0 Å². The predicted molar refractivity (Wildman–Crippen MR) is 80.2 cm³/mol. The van der Waals surface area contributed by atoms with Crippen LogP contribution in [0.1, 0.15) is 5.56 Å². The number of hydrogen-bond donors (Lipinski definition) is 1. The summed E-state index contributed by atoms with van der Waals surface area (Å²) in [5, 5.41) is 3.87. The van der Waals surface area contributed by atoms with Crippen LogP contribution in [0.2, 0.25) is 5.02 Å². The van der Waals surface area contributed by atoms with Crippen LogP contribution in [0.15, 0.2) is 42.5 Å². The van der Waals surface area contributed by atoms with Crippen molar-refractivity contribution in [2.24, 2.45) is 0 Å². The van der Waals surface area contributed by atoms with Crippen LogP contribution in [-0.4, -0.2) is 14.1 Å². The quantitative estimate of drug-likeness (QED) is 0.877. The van der Waals surface area contributed by atoms with Gasteiger partial charge in [-0.2, -0.15) is 0 Å². The third-order valence-electron chi connectivity index (χ3n) is 3.08. The molecule has 2 nitrogen and oxygen atoms in total. The molecule has 0 bridgehead atoms. The summed E-state index contributed by atoms with van der Waals surface area (Å²) >= 11 is 6.06. The van der Waals surface area contributed by atoms with Crippen molar-refractivity contribution in [2.45, 2.75) is 6.92 Å². The van der Waals surface area contributed by atoms with E-state index in [9.17, 15) is 0 Å². The summed E-state index contributed by atoms with van der Waals surface area (Å²) in [6.45, 7) is 2.09. The van der Waals surface area contributed by atoms with E-state index in [1.165, 1.54) is 5.56 Å². The van der Waals surface area contributed by atoms with Gasteiger partial charge >= 0.3 is 0 Å². The van der Waals surface area contributed by atoms with E-state index in [-0.39, 0.29) is 0 Å². The maximum Gasteiger partial charge on any atom is 0.0452 e. The summed E-state index contributed by atoms with van der Waals surface area (Å²) in [6.07, 6.45) is 0. The highest BCUT2D eigenvalue weighted by Crippen LogP contribution is 2.29. The van der Waals surface area contributed by atoms with Crippen molar-refractivity contribution < 1.29 is 0 Å². The number of rotatable bonds is 3. The summed E-state index contributed by atoms with van der Waals surface area (Å²) in [4.78, 5) is 2.14. The zero-order valence-corrected chi connectivity index (χ0v) is 11.6. The highest BCUT2D eigenvalue weighted by atomic mass is 35.5. The van der Waals surface area contributed by atoms with Gasteiger partial charge in [0.15, 0.2) is 0 Å². The first-order chi connectivity index (χ1) is 8.61. The van der Waals surface area contributed by atoms with Gasteiger partial charge in [0, 0.05) is 36.2 Å². The molecular formula is C15H17ClN2. The van der Waals surface area contributed by atoms with E-state index in [1.807, 2.05) is 32.3 Å². The van der Waals surface area contributed by atoms with Gasteiger partial charge in [-0.1, -0.05) is 17.7 Å². The minimum atomic E-state index is 0.759. The highest BCUT2D eigenvalue weighted by molar-refractivity contribution is 6.30. The van der Waals surface area contributed by atoms with E-state index in [4.69, 9.17) is 11.6 Å². The lowest BCUT2D eigenvalue weighted by Crippen LogP contribution is -2.10. The number of aryl methyl sites for hydroxylation is 1. The van der Waals surface area contributed by atoms with Gasteiger partial charge < -0.3 is 10.2 Å². The van der Waals surface area contributed by atoms with E-state index < -0.39 is 0 Å². The van der Waals surface area contributed by atoms with Crippen LogP contribution in [0.4, 0.5) is 17.1 Å². The average Bonchev–Trinajstić information content (AvgIpc) is 2.41. The monoisotopic (exact) mass is 260 g/mol. The molecule has 0 aliphatic carbocycles. The Hall–Kier alpha value is -1.67. The maximum atomic E-state index is 6.06. The second kappa shape index (κ2) is 5.32. The largest absolute Gasteiger partial charge is 0.388 e. The Balaban J connectivity index is 2.34. The van der Waals surface area contributed by atoms with Crippen molar-refractivity contribution in [3.63, 3.8) is 0 Å². The van der Waals surface area contributed by atoms with Crippen LogP contribution in [-0.2, 0) is 0 Å². The molecule has 94 valence electrons. The van der Waals surface area contributed by atoms with Crippen LogP contribution >= 0.6 is 11.6 Å². The number of nitrogens with one attached hydrogen (secondary N) is 1. The topological polar surface area (TPSA) is 15.3 Å². The highest BCUT2D eigenvalue weighted by Gasteiger charge is 2.07. The molecule has 2 rings (SSSR count). The molecule has 3 heteroatoms.